The topological polar surface area (TPSA) is 61.3 Å². The Balaban J connectivity index is 2.77. The first-order valence-electron chi connectivity index (χ1n) is 7.30. The molecule has 0 heterocycles. The fraction of sp³-hybridized carbons (Fsp3) is 0.625. The van der Waals surface area contributed by atoms with E-state index in [1.54, 1.807) is 0 Å². The number of nitrogens with two attached hydrogens (primary N) is 2. The first-order valence-corrected chi connectivity index (χ1v) is 7.30. The molecule has 0 aromatic heterocycles. The molecule has 0 amide bonds. The minimum Gasteiger partial charge on any atom is -0.494 e. The van der Waals surface area contributed by atoms with E-state index < -0.39 is 0 Å². The molecule has 3 heteroatoms. The van der Waals surface area contributed by atoms with Crippen molar-refractivity contribution in [2.45, 2.75) is 58.0 Å². The van der Waals surface area contributed by atoms with Crippen LogP contribution < -0.4 is 16.2 Å². The summed E-state index contributed by atoms with van der Waals surface area (Å²) in [5, 5.41) is 0. The van der Waals surface area contributed by atoms with E-state index in [0.29, 0.717) is 12.5 Å². The van der Waals surface area contributed by atoms with E-state index in [-0.39, 0.29) is 12.1 Å². The van der Waals surface area contributed by atoms with Crippen molar-refractivity contribution in [1.82, 2.24) is 0 Å². The lowest BCUT2D eigenvalue weighted by Crippen LogP contribution is -2.25. The van der Waals surface area contributed by atoms with Crippen LogP contribution in [0.3, 0.4) is 0 Å². The summed E-state index contributed by atoms with van der Waals surface area (Å²) in [4.78, 5) is 0. The second kappa shape index (κ2) is 8.18. The molecule has 0 aliphatic heterocycles. The van der Waals surface area contributed by atoms with E-state index in [1.165, 1.54) is 5.56 Å². The van der Waals surface area contributed by atoms with Crippen molar-refractivity contribution in [2.75, 3.05) is 6.61 Å². The smallest absolute Gasteiger partial charge is 0.119 e. The van der Waals surface area contributed by atoms with Gasteiger partial charge in [0.1, 0.15) is 5.75 Å². The van der Waals surface area contributed by atoms with E-state index in [0.717, 1.165) is 25.0 Å². The van der Waals surface area contributed by atoms with Crippen molar-refractivity contribution in [3.05, 3.63) is 29.8 Å². The van der Waals surface area contributed by atoms with Gasteiger partial charge in [-0.05, 0) is 56.7 Å². The Kier molecular flexibility index (Phi) is 6.89. The maximum atomic E-state index is 6.10. The Labute approximate surface area is 117 Å². The molecule has 1 rings (SSSR count). The average molecular weight is 264 g/mol. The van der Waals surface area contributed by atoms with Crippen LogP contribution in [0.4, 0.5) is 0 Å². The highest BCUT2D eigenvalue weighted by Crippen LogP contribution is 2.28. The molecule has 3 atom stereocenters. The van der Waals surface area contributed by atoms with Crippen LogP contribution in [0.25, 0.3) is 0 Å². The van der Waals surface area contributed by atoms with Crippen LogP contribution in [0.5, 0.6) is 5.75 Å². The molecular formula is C16H28N2O. The quantitative estimate of drug-likeness (QED) is 0.758. The molecule has 0 bridgehead atoms. The van der Waals surface area contributed by atoms with Crippen LogP contribution in [0.15, 0.2) is 24.3 Å². The molecule has 0 saturated heterocycles. The van der Waals surface area contributed by atoms with Crippen molar-refractivity contribution in [1.29, 1.82) is 0 Å². The zero-order valence-electron chi connectivity index (χ0n) is 12.4. The molecule has 108 valence electrons. The Morgan fingerprint density at radius 2 is 1.68 bits per heavy atom. The summed E-state index contributed by atoms with van der Waals surface area (Å²) in [5.41, 5.74) is 13.4. The van der Waals surface area contributed by atoms with Gasteiger partial charge in [-0.1, -0.05) is 19.1 Å². The second-order valence-corrected chi connectivity index (χ2v) is 5.32. The summed E-state index contributed by atoms with van der Waals surface area (Å²) in [5.74, 6) is 1.36. The molecule has 0 fully saturated rings. The molecule has 0 saturated carbocycles. The highest BCUT2D eigenvalue weighted by Gasteiger charge is 2.16. The van der Waals surface area contributed by atoms with Crippen molar-refractivity contribution in [3.8, 4) is 5.75 Å². The Morgan fingerprint density at radius 1 is 1.05 bits per heavy atom. The van der Waals surface area contributed by atoms with Crippen LogP contribution in [0.1, 0.15) is 51.5 Å². The molecular weight excluding hydrogens is 236 g/mol. The van der Waals surface area contributed by atoms with Crippen LogP contribution in [-0.4, -0.2) is 18.7 Å². The van der Waals surface area contributed by atoms with E-state index in [2.05, 4.69) is 26.0 Å². The van der Waals surface area contributed by atoms with Gasteiger partial charge in [0.05, 0.1) is 6.61 Å². The summed E-state index contributed by atoms with van der Waals surface area (Å²) < 4.78 is 5.47. The van der Waals surface area contributed by atoms with Gasteiger partial charge < -0.3 is 16.2 Å². The minimum atomic E-state index is 0.195. The van der Waals surface area contributed by atoms with Gasteiger partial charge in [0.15, 0.2) is 0 Å². The standard InChI is InChI=1S/C16H28N2O/c1-4-15(18)11-14(10-12(3)17)13-6-8-16(9-7-13)19-5-2/h6-9,12,14-15H,4-5,10-11,17-18H2,1-3H3. The van der Waals surface area contributed by atoms with Gasteiger partial charge in [0.2, 0.25) is 0 Å². The SMILES string of the molecule is CCOc1ccc(C(CC(C)N)CC(N)CC)cc1. The number of hydrogen-bond donors (Lipinski definition) is 2. The summed E-state index contributed by atoms with van der Waals surface area (Å²) in [6.45, 7) is 6.88. The van der Waals surface area contributed by atoms with Gasteiger partial charge in [-0.25, -0.2) is 0 Å². The first kappa shape index (κ1) is 16.0. The Hall–Kier alpha value is -1.06. The summed E-state index contributed by atoms with van der Waals surface area (Å²) in [6, 6.07) is 8.78. The molecule has 3 nitrogen and oxygen atoms in total. The third-order valence-electron chi connectivity index (χ3n) is 3.43. The maximum Gasteiger partial charge on any atom is 0.119 e. The predicted octanol–water partition coefficient (Wildman–Crippen LogP) is 3.03. The largest absolute Gasteiger partial charge is 0.494 e. The number of benzene rings is 1. The zero-order chi connectivity index (χ0) is 14.3. The molecule has 1 aromatic rings. The van der Waals surface area contributed by atoms with Gasteiger partial charge in [-0.2, -0.15) is 0 Å². The molecule has 0 aliphatic rings. The molecule has 19 heavy (non-hydrogen) atoms. The Bertz CT molecular complexity index is 348. The summed E-state index contributed by atoms with van der Waals surface area (Å²) in [7, 11) is 0. The number of rotatable bonds is 8. The zero-order valence-corrected chi connectivity index (χ0v) is 12.4. The predicted molar refractivity (Wildman–Crippen MR) is 81.5 cm³/mol. The third kappa shape index (κ3) is 5.62. The monoisotopic (exact) mass is 264 g/mol. The van der Waals surface area contributed by atoms with Gasteiger partial charge in [0, 0.05) is 12.1 Å². The van der Waals surface area contributed by atoms with E-state index in [4.69, 9.17) is 16.2 Å². The average Bonchev–Trinajstić information content (AvgIpc) is 2.38. The van der Waals surface area contributed by atoms with E-state index in [1.807, 2.05) is 19.1 Å². The minimum absolute atomic E-state index is 0.195. The molecule has 1 aromatic carbocycles. The van der Waals surface area contributed by atoms with Crippen molar-refractivity contribution in [2.24, 2.45) is 11.5 Å². The van der Waals surface area contributed by atoms with Gasteiger partial charge in [-0.15, -0.1) is 0 Å². The van der Waals surface area contributed by atoms with E-state index >= 15 is 0 Å². The Morgan fingerprint density at radius 3 is 2.16 bits per heavy atom. The molecule has 4 N–H and O–H groups in total. The maximum absolute atomic E-state index is 6.10. The van der Waals surface area contributed by atoms with Crippen LogP contribution in [0, 0.1) is 0 Å². The number of ether oxygens (including phenoxy) is 1. The summed E-state index contributed by atoms with van der Waals surface area (Å²) >= 11 is 0. The van der Waals surface area contributed by atoms with Crippen LogP contribution in [-0.2, 0) is 0 Å². The summed E-state index contributed by atoms with van der Waals surface area (Å²) in [6.07, 6.45) is 2.97. The molecule has 3 unspecified atom stereocenters. The van der Waals surface area contributed by atoms with Crippen LogP contribution >= 0.6 is 0 Å². The fourth-order valence-electron chi connectivity index (χ4n) is 2.35. The highest BCUT2D eigenvalue weighted by atomic mass is 16.5. The molecule has 0 radical (unpaired) electrons. The third-order valence-corrected chi connectivity index (χ3v) is 3.43. The normalized spacial score (nSPS) is 15.8. The fourth-order valence-corrected chi connectivity index (χ4v) is 2.35. The lowest BCUT2D eigenvalue weighted by molar-refractivity contribution is 0.340. The van der Waals surface area contributed by atoms with Crippen molar-refractivity contribution in [3.63, 3.8) is 0 Å². The second-order valence-electron chi connectivity index (χ2n) is 5.32. The van der Waals surface area contributed by atoms with Gasteiger partial charge in [-0.3, -0.25) is 0 Å². The lowest BCUT2D eigenvalue weighted by Gasteiger charge is -2.22. The number of hydrogen-bond acceptors (Lipinski definition) is 3. The van der Waals surface area contributed by atoms with Crippen molar-refractivity contribution < 1.29 is 4.74 Å². The highest BCUT2D eigenvalue weighted by molar-refractivity contribution is 5.29. The van der Waals surface area contributed by atoms with E-state index in [9.17, 15) is 0 Å². The molecule has 0 aliphatic carbocycles. The van der Waals surface area contributed by atoms with Crippen LogP contribution in [0.2, 0.25) is 0 Å². The van der Waals surface area contributed by atoms with Crippen molar-refractivity contribution >= 4 is 0 Å². The molecule has 0 spiro atoms. The first-order chi connectivity index (χ1) is 9.06. The lowest BCUT2D eigenvalue weighted by atomic mass is 9.87. The van der Waals surface area contributed by atoms with Gasteiger partial charge in [0.25, 0.3) is 0 Å². The van der Waals surface area contributed by atoms with Gasteiger partial charge >= 0.3 is 0 Å².